The summed E-state index contributed by atoms with van der Waals surface area (Å²) in [5.41, 5.74) is 1.21. The standard InChI is InChI=1S/C14H17NO4/c1-9-7-11(16)4-5-12(9)13(17)15-6-2-3-10(8-15)14(18)19/h4-5,7,10,16H,2-3,6,8H2,1H3,(H,18,19)/t10-/m1/s1. The number of phenolic OH excluding ortho intramolecular Hbond substituents is 1. The molecule has 0 radical (unpaired) electrons. The van der Waals surface area contributed by atoms with Crippen LogP contribution in [0.1, 0.15) is 28.8 Å². The van der Waals surface area contributed by atoms with Crippen LogP contribution < -0.4 is 0 Å². The van der Waals surface area contributed by atoms with Crippen LogP contribution in [0.3, 0.4) is 0 Å². The lowest BCUT2D eigenvalue weighted by molar-refractivity contribution is -0.143. The fourth-order valence-corrected chi connectivity index (χ4v) is 2.42. The average molecular weight is 263 g/mol. The van der Waals surface area contributed by atoms with E-state index >= 15 is 0 Å². The molecule has 0 aromatic heterocycles. The summed E-state index contributed by atoms with van der Waals surface area (Å²) >= 11 is 0. The van der Waals surface area contributed by atoms with Crippen LogP contribution in [0.15, 0.2) is 18.2 Å². The van der Waals surface area contributed by atoms with Crippen LogP contribution in [0.25, 0.3) is 0 Å². The topological polar surface area (TPSA) is 77.8 Å². The molecule has 0 spiro atoms. The number of phenols is 1. The van der Waals surface area contributed by atoms with Crippen molar-refractivity contribution in [3.8, 4) is 5.75 Å². The normalized spacial score (nSPS) is 19.2. The third-order valence-corrected chi connectivity index (χ3v) is 3.50. The maximum atomic E-state index is 12.4. The van der Waals surface area contributed by atoms with Crippen molar-refractivity contribution in [3.63, 3.8) is 0 Å². The summed E-state index contributed by atoms with van der Waals surface area (Å²) in [7, 11) is 0. The predicted octanol–water partition coefficient (Wildman–Crippen LogP) is 1.64. The number of hydrogen-bond acceptors (Lipinski definition) is 3. The minimum absolute atomic E-state index is 0.121. The molecule has 2 rings (SSSR count). The number of amides is 1. The van der Waals surface area contributed by atoms with Gasteiger partial charge in [-0.3, -0.25) is 9.59 Å². The molecule has 1 saturated heterocycles. The molecule has 19 heavy (non-hydrogen) atoms. The number of hydrogen-bond donors (Lipinski definition) is 2. The minimum atomic E-state index is -0.847. The molecule has 1 aromatic rings. The highest BCUT2D eigenvalue weighted by atomic mass is 16.4. The van der Waals surface area contributed by atoms with Gasteiger partial charge < -0.3 is 15.1 Å². The van der Waals surface area contributed by atoms with E-state index in [2.05, 4.69) is 0 Å². The molecule has 1 amide bonds. The van der Waals surface area contributed by atoms with Crippen LogP contribution in [0.5, 0.6) is 5.75 Å². The minimum Gasteiger partial charge on any atom is -0.508 e. The van der Waals surface area contributed by atoms with Crippen LogP contribution in [0.2, 0.25) is 0 Å². The quantitative estimate of drug-likeness (QED) is 0.850. The Morgan fingerprint density at radius 3 is 2.74 bits per heavy atom. The first-order valence-electron chi connectivity index (χ1n) is 6.30. The summed E-state index contributed by atoms with van der Waals surface area (Å²) in [6.45, 7) is 2.60. The summed E-state index contributed by atoms with van der Waals surface area (Å²) in [4.78, 5) is 24.9. The van der Waals surface area contributed by atoms with E-state index in [1.54, 1.807) is 17.9 Å². The van der Waals surface area contributed by atoms with Gasteiger partial charge in [-0.15, -0.1) is 0 Å². The van der Waals surface area contributed by atoms with Crippen molar-refractivity contribution in [1.29, 1.82) is 0 Å². The fraction of sp³-hybridized carbons (Fsp3) is 0.429. The summed E-state index contributed by atoms with van der Waals surface area (Å²) in [6, 6.07) is 4.59. The van der Waals surface area contributed by atoms with E-state index in [9.17, 15) is 14.7 Å². The first-order valence-corrected chi connectivity index (χ1v) is 6.30. The largest absolute Gasteiger partial charge is 0.508 e. The van der Waals surface area contributed by atoms with Crippen molar-refractivity contribution in [1.82, 2.24) is 4.90 Å². The highest BCUT2D eigenvalue weighted by Gasteiger charge is 2.29. The lowest BCUT2D eigenvalue weighted by Gasteiger charge is -2.31. The zero-order chi connectivity index (χ0) is 14.0. The summed E-state index contributed by atoms with van der Waals surface area (Å²) in [6.07, 6.45) is 1.33. The van der Waals surface area contributed by atoms with Gasteiger partial charge in [-0.25, -0.2) is 0 Å². The molecule has 1 aliphatic rings. The third kappa shape index (κ3) is 2.86. The van der Waals surface area contributed by atoms with Crippen molar-refractivity contribution < 1.29 is 19.8 Å². The fourth-order valence-electron chi connectivity index (χ4n) is 2.42. The molecule has 102 valence electrons. The molecule has 5 nitrogen and oxygen atoms in total. The second kappa shape index (κ2) is 5.30. The van der Waals surface area contributed by atoms with Gasteiger partial charge >= 0.3 is 5.97 Å². The van der Waals surface area contributed by atoms with E-state index in [0.29, 0.717) is 30.5 Å². The predicted molar refractivity (Wildman–Crippen MR) is 69.1 cm³/mol. The second-order valence-corrected chi connectivity index (χ2v) is 4.93. The van der Waals surface area contributed by atoms with Gasteiger partial charge in [0.05, 0.1) is 5.92 Å². The van der Waals surface area contributed by atoms with Gasteiger partial charge in [0.15, 0.2) is 0 Å². The van der Waals surface area contributed by atoms with E-state index < -0.39 is 11.9 Å². The number of likely N-dealkylation sites (tertiary alicyclic amines) is 1. The number of piperidine rings is 1. The molecule has 1 heterocycles. The smallest absolute Gasteiger partial charge is 0.308 e. The Morgan fingerprint density at radius 1 is 1.37 bits per heavy atom. The third-order valence-electron chi connectivity index (χ3n) is 3.50. The molecule has 1 atom stereocenters. The molecular formula is C14H17NO4. The van der Waals surface area contributed by atoms with E-state index in [1.807, 2.05) is 0 Å². The van der Waals surface area contributed by atoms with E-state index in [4.69, 9.17) is 5.11 Å². The van der Waals surface area contributed by atoms with E-state index in [1.165, 1.54) is 12.1 Å². The zero-order valence-corrected chi connectivity index (χ0v) is 10.8. The van der Waals surface area contributed by atoms with E-state index in [0.717, 1.165) is 0 Å². The van der Waals surface area contributed by atoms with Gasteiger partial charge in [-0.1, -0.05) is 0 Å². The van der Waals surface area contributed by atoms with Crippen molar-refractivity contribution >= 4 is 11.9 Å². The van der Waals surface area contributed by atoms with Crippen molar-refractivity contribution in [2.75, 3.05) is 13.1 Å². The number of nitrogens with zero attached hydrogens (tertiary/aromatic N) is 1. The molecule has 0 unspecified atom stereocenters. The maximum absolute atomic E-state index is 12.4. The number of aliphatic carboxylic acids is 1. The summed E-state index contributed by atoms with van der Waals surface area (Å²) in [5.74, 6) is -1.37. The molecule has 0 aliphatic carbocycles. The lowest BCUT2D eigenvalue weighted by Crippen LogP contribution is -2.42. The first kappa shape index (κ1) is 13.4. The number of benzene rings is 1. The molecule has 0 bridgehead atoms. The van der Waals surface area contributed by atoms with Crippen LogP contribution in [-0.4, -0.2) is 40.1 Å². The van der Waals surface area contributed by atoms with Crippen LogP contribution >= 0.6 is 0 Å². The molecule has 1 fully saturated rings. The highest BCUT2D eigenvalue weighted by molar-refractivity contribution is 5.96. The SMILES string of the molecule is Cc1cc(O)ccc1C(=O)N1CCC[C@@H](C(=O)O)C1. The number of rotatable bonds is 2. The van der Waals surface area contributed by atoms with Gasteiger partial charge in [0.25, 0.3) is 5.91 Å². The Balaban J connectivity index is 2.17. The lowest BCUT2D eigenvalue weighted by atomic mass is 9.97. The Hall–Kier alpha value is -2.04. The Morgan fingerprint density at radius 2 is 2.11 bits per heavy atom. The first-order chi connectivity index (χ1) is 8.99. The highest BCUT2D eigenvalue weighted by Crippen LogP contribution is 2.22. The summed E-state index contributed by atoms with van der Waals surface area (Å²) in [5, 5.41) is 18.4. The molecular weight excluding hydrogens is 246 g/mol. The Labute approximate surface area is 111 Å². The van der Waals surface area contributed by atoms with E-state index in [-0.39, 0.29) is 18.2 Å². The zero-order valence-electron chi connectivity index (χ0n) is 10.8. The second-order valence-electron chi connectivity index (χ2n) is 4.93. The number of carbonyl (C=O) groups is 2. The number of aryl methyl sites for hydroxylation is 1. The van der Waals surface area contributed by atoms with Crippen molar-refractivity contribution in [2.24, 2.45) is 5.92 Å². The van der Waals surface area contributed by atoms with Crippen molar-refractivity contribution in [2.45, 2.75) is 19.8 Å². The van der Waals surface area contributed by atoms with Gasteiger partial charge in [-0.2, -0.15) is 0 Å². The average Bonchev–Trinajstić information content (AvgIpc) is 2.38. The number of carboxylic acids is 1. The van der Waals surface area contributed by atoms with Gasteiger partial charge in [-0.05, 0) is 43.5 Å². The Kier molecular flexibility index (Phi) is 3.74. The van der Waals surface area contributed by atoms with Gasteiger partial charge in [0, 0.05) is 18.7 Å². The van der Waals surface area contributed by atoms with Gasteiger partial charge in [0.1, 0.15) is 5.75 Å². The molecule has 1 aromatic carbocycles. The Bertz CT molecular complexity index is 512. The van der Waals surface area contributed by atoms with Crippen LogP contribution in [0.4, 0.5) is 0 Å². The molecule has 5 heteroatoms. The number of aromatic hydroxyl groups is 1. The summed E-state index contributed by atoms with van der Waals surface area (Å²) < 4.78 is 0. The van der Waals surface area contributed by atoms with Crippen molar-refractivity contribution in [3.05, 3.63) is 29.3 Å². The van der Waals surface area contributed by atoms with Crippen LogP contribution in [-0.2, 0) is 4.79 Å². The monoisotopic (exact) mass is 263 g/mol. The maximum Gasteiger partial charge on any atom is 0.308 e. The number of carboxylic acid groups (broad SMARTS) is 1. The molecule has 0 saturated carbocycles. The van der Waals surface area contributed by atoms with Crippen LogP contribution in [0, 0.1) is 12.8 Å². The number of carbonyl (C=O) groups excluding carboxylic acids is 1. The van der Waals surface area contributed by atoms with Gasteiger partial charge in [0.2, 0.25) is 0 Å². The molecule has 2 N–H and O–H groups in total. The molecule has 1 aliphatic heterocycles.